The van der Waals surface area contributed by atoms with E-state index in [1.165, 1.54) is 0 Å². The number of halogens is 1. The highest BCUT2D eigenvalue weighted by Crippen LogP contribution is 2.16. The van der Waals surface area contributed by atoms with Crippen molar-refractivity contribution in [3.8, 4) is 5.75 Å². The Morgan fingerprint density at radius 1 is 1.33 bits per heavy atom. The first-order valence-electron chi connectivity index (χ1n) is 6.57. The van der Waals surface area contributed by atoms with Crippen LogP contribution in [0.15, 0.2) is 24.3 Å². The summed E-state index contributed by atoms with van der Waals surface area (Å²) >= 11 is 5.75. The third kappa shape index (κ3) is 4.91. The second-order valence-corrected chi connectivity index (χ2v) is 5.18. The van der Waals surface area contributed by atoms with Crippen LogP contribution in [0.1, 0.15) is 12.8 Å². The van der Waals surface area contributed by atoms with Gasteiger partial charge in [0.15, 0.2) is 12.7 Å². The van der Waals surface area contributed by atoms with Crippen LogP contribution in [0.2, 0.25) is 5.02 Å². The number of carboxylic acids is 1. The molecule has 0 aromatic heterocycles. The fraction of sp³-hybridized carbons (Fsp3) is 0.429. The quantitative estimate of drug-likeness (QED) is 0.860. The number of benzene rings is 1. The number of carbonyl (C=O) groups excluding carboxylic acids is 1. The molecule has 1 aromatic rings. The Balaban J connectivity index is 1.70. The minimum absolute atomic E-state index is 0.111. The van der Waals surface area contributed by atoms with E-state index in [2.05, 4.69) is 5.32 Å². The highest BCUT2D eigenvalue weighted by molar-refractivity contribution is 6.30. The first kappa shape index (κ1) is 15.6. The molecule has 2 N–H and O–H groups in total. The maximum absolute atomic E-state index is 11.7. The van der Waals surface area contributed by atoms with Crippen molar-refractivity contribution in [1.82, 2.24) is 5.32 Å². The van der Waals surface area contributed by atoms with E-state index < -0.39 is 12.1 Å². The van der Waals surface area contributed by atoms with Gasteiger partial charge in [-0.1, -0.05) is 11.6 Å². The molecule has 0 spiro atoms. The molecule has 1 amide bonds. The molecule has 0 aliphatic carbocycles. The first-order chi connectivity index (χ1) is 10.0. The van der Waals surface area contributed by atoms with Crippen molar-refractivity contribution in [3.05, 3.63) is 29.3 Å². The summed E-state index contributed by atoms with van der Waals surface area (Å²) in [4.78, 5) is 22.5. The van der Waals surface area contributed by atoms with Crippen molar-refractivity contribution in [3.63, 3.8) is 0 Å². The van der Waals surface area contributed by atoms with Crippen molar-refractivity contribution in [2.45, 2.75) is 25.0 Å². The number of ether oxygens (including phenoxy) is 2. The van der Waals surface area contributed by atoms with Crippen LogP contribution in [0, 0.1) is 0 Å². The zero-order valence-electron chi connectivity index (χ0n) is 11.3. The number of amides is 1. The van der Waals surface area contributed by atoms with Gasteiger partial charge in [-0.2, -0.15) is 0 Å². The second-order valence-electron chi connectivity index (χ2n) is 4.74. The standard InChI is InChI=1S/C14H16ClNO5/c15-9-1-4-11(5-2-9)20-8-13(17)16-10-3-6-12(14(18)19)21-7-10/h1-2,4-5,10,12H,3,6-8H2,(H,16,17)(H,18,19)/t10-,12+/m1/s1. The highest BCUT2D eigenvalue weighted by atomic mass is 35.5. The third-order valence-corrected chi connectivity index (χ3v) is 3.35. The minimum atomic E-state index is -0.967. The van der Waals surface area contributed by atoms with Crippen molar-refractivity contribution in [2.75, 3.05) is 13.2 Å². The fourth-order valence-electron chi connectivity index (χ4n) is 2.01. The molecule has 1 aliphatic rings. The van der Waals surface area contributed by atoms with E-state index in [9.17, 15) is 9.59 Å². The summed E-state index contributed by atoms with van der Waals surface area (Å²) in [5.41, 5.74) is 0. The smallest absolute Gasteiger partial charge is 0.332 e. The summed E-state index contributed by atoms with van der Waals surface area (Å²) in [6.45, 7) is 0.0874. The molecule has 1 fully saturated rings. The second kappa shape index (κ2) is 7.28. The molecule has 1 aliphatic heterocycles. The van der Waals surface area contributed by atoms with Gasteiger partial charge in [0.05, 0.1) is 12.6 Å². The first-order valence-corrected chi connectivity index (χ1v) is 6.94. The molecular formula is C14H16ClNO5. The number of aliphatic carboxylic acids is 1. The molecule has 6 nitrogen and oxygen atoms in total. The molecule has 2 rings (SSSR count). The third-order valence-electron chi connectivity index (χ3n) is 3.10. The van der Waals surface area contributed by atoms with E-state index in [1.54, 1.807) is 24.3 Å². The van der Waals surface area contributed by atoms with Gasteiger partial charge in [0.2, 0.25) is 0 Å². The Bertz CT molecular complexity index is 497. The molecule has 7 heteroatoms. The molecule has 0 bridgehead atoms. The average molecular weight is 314 g/mol. The Hall–Kier alpha value is -1.79. The summed E-state index contributed by atoms with van der Waals surface area (Å²) in [6, 6.07) is 6.53. The van der Waals surface area contributed by atoms with Gasteiger partial charge in [0.25, 0.3) is 5.91 Å². The molecule has 21 heavy (non-hydrogen) atoms. The van der Waals surface area contributed by atoms with Crippen LogP contribution in [0.4, 0.5) is 0 Å². The Morgan fingerprint density at radius 2 is 2.05 bits per heavy atom. The van der Waals surface area contributed by atoms with E-state index in [4.69, 9.17) is 26.2 Å². The lowest BCUT2D eigenvalue weighted by Gasteiger charge is -2.27. The SMILES string of the molecule is O=C(COc1ccc(Cl)cc1)N[C@@H]1CC[C@@H](C(=O)O)OC1. The van der Waals surface area contributed by atoms with Gasteiger partial charge in [-0.15, -0.1) is 0 Å². The maximum Gasteiger partial charge on any atom is 0.332 e. The predicted octanol–water partition coefficient (Wildman–Crippen LogP) is 1.47. The fourth-order valence-corrected chi connectivity index (χ4v) is 2.14. The van der Waals surface area contributed by atoms with Crippen molar-refractivity contribution >= 4 is 23.5 Å². The lowest BCUT2D eigenvalue weighted by atomic mass is 10.1. The van der Waals surface area contributed by atoms with Gasteiger partial charge in [-0.25, -0.2) is 4.79 Å². The van der Waals surface area contributed by atoms with Crippen molar-refractivity contribution < 1.29 is 24.2 Å². The average Bonchev–Trinajstić information content (AvgIpc) is 2.47. The van der Waals surface area contributed by atoms with Crippen molar-refractivity contribution in [2.24, 2.45) is 0 Å². The van der Waals surface area contributed by atoms with Crippen LogP contribution >= 0.6 is 11.6 Å². The Kier molecular flexibility index (Phi) is 5.41. The summed E-state index contributed by atoms with van der Waals surface area (Å²) < 4.78 is 10.5. The van der Waals surface area contributed by atoms with Gasteiger partial charge in [-0.05, 0) is 37.1 Å². The molecule has 0 saturated carbocycles. The summed E-state index contributed by atoms with van der Waals surface area (Å²) in [6.07, 6.45) is 0.186. The molecule has 1 saturated heterocycles. The summed E-state index contributed by atoms with van der Waals surface area (Å²) in [7, 11) is 0. The van der Waals surface area contributed by atoms with E-state index >= 15 is 0 Å². The minimum Gasteiger partial charge on any atom is -0.484 e. The topological polar surface area (TPSA) is 84.9 Å². The maximum atomic E-state index is 11.7. The van der Waals surface area contributed by atoms with Gasteiger partial charge < -0.3 is 19.9 Å². The van der Waals surface area contributed by atoms with Crippen LogP contribution in [0.5, 0.6) is 5.75 Å². The molecule has 1 aromatic carbocycles. The molecule has 0 unspecified atom stereocenters. The number of nitrogens with one attached hydrogen (secondary N) is 1. The zero-order chi connectivity index (χ0) is 15.2. The van der Waals surface area contributed by atoms with Gasteiger partial charge >= 0.3 is 5.97 Å². The predicted molar refractivity (Wildman–Crippen MR) is 75.5 cm³/mol. The van der Waals surface area contributed by atoms with E-state index in [-0.39, 0.29) is 25.2 Å². The normalized spacial score (nSPS) is 21.6. The lowest BCUT2D eigenvalue weighted by molar-refractivity contribution is -0.154. The van der Waals surface area contributed by atoms with Gasteiger partial charge in [0, 0.05) is 5.02 Å². The lowest BCUT2D eigenvalue weighted by Crippen LogP contribution is -2.46. The van der Waals surface area contributed by atoms with Crippen LogP contribution in [0.3, 0.4) is 0 Å². The molecule has 114 valence electrons. The highest BCUT2D eigenvalue weighted by Gasteiger charge is 2.27. The summed E-state index contributed by atoms with van der Waals surface area (Å²) in [5.74, 6) is -0.682. The largest absolute Gasteiger partial charge is 0.484 e. The number of rotatable bonds is 5. The van der Waals surface area contributed by atoms with Gasteiger partial charge in [0.1, 0.15) is 5.75 Å². The molecule has 0 radical (unpaired) electrons. The van der Waals surface area contributed by atoms with Crippen LogP contribution in [0.25, 0.3) is 0 Å². The van der Waals surface area contributed by atoms with E-state index in [0.717, 1.165) is 0 Å². The van der Waals surface area contributed by atoms with E-state index in [1.807, 2.05) is 0 Å². The summed E-state index contributed by atoms with van der Waals surface area (Å²) in [5, 5.41) is 12.1. The molecule has 2 atom stereocenters. The van der Waals surface area contributed by atoms with Crippen molar-refractivity contribution in [1.29, 1.82) is 0 Å². The number of carbonyl (C=O) groups is 2. The van der Waals surface area contributed by atoms with E-state index in [0.29, 0.717) is 23.6 Å². The Labute approximate surface area is 127 Å². The van der Waals surface area contributed by atoms with Gasteiger partial charge in [-0.3, -0.25) is 4.79 Å². The number of hydrogen-bond acceptors (Lipinski definition) is 4. The molecular weight excluding hydrogens is 298 g/mol. The zero-order valence-corrected chi connectivity index (χ0v) is 12.0. The number of hydrogen-bond donors (Lipinski definition) is 2. The number of carboxylic acid groups (broad SMARTS) is 1. The van der Waals surface area contributed by atoms with Crippen LogP contribution < -0.4 is 10.1 Å². The monoisotopic (exact) mass is 313 g/mol. The van der Waals surface area contributed by atoms with Crippen LogP contribution in [-0.4, -0.2) is 42.3 Å². The Morgan fingerprint density at radius 3 is 2.62 bits per heavy atom. The molecule has 1 heterocycles. The van der Waals surface area contributed by atoms with Crippen LogP contribution in [-0.2, 0) is 14.3 Å².